The van der Waals surface area contributed by atoms with E-state index in [0.717, 1.165) is 18.5 Å². The molecule has 2 heteroatoms. The molecule has 22 heavy (non-hydrogen) atoms. The van der Waals surface area contributed by atoms with E-state index in [1.165, 1.54) is 5.56 Å². The summed E-state index contributed by atoms with van der Waals surface area (Å²) in [5.41, 5.74) is 1.49. The highest BCUT2D eigenvalue weighted by molar-refractivity contribution is 5.25. The highest BCUT2D eigenvalue weighted by atomic mass is 16.3. The van der Waals surface area contributed by atoms with Crippen molar-refractivity contribution in [2.45, 2.75) is 25.4 Å². The Morgan fingerprint density at radius 2 is 1.50 bits per heavy atom. The van der Waals surface area contributed by atoms with Crippen LogP contribution in [0.15, 0.2) is 60.7 Å². The highest BCUT2D eigenvalue weighted by Crippen LogP contribution is 2.35. The topological polar surface area (TPSA) is 23.5 Å². The standard InChI is InChI=1S/C20H27NO/c1-4-20(22,18-13-9-6-10-14-18)19(16-21(2)3)15-17-11-7-5-8-12-17/h5-14,19,22H,4,15-16H2,1-3H3. The Labute approximate surface area is 134 Å². The predicted molar refractivity (Wildman–Crippen MR) is 92.8 cm³/mol. The van der Waals surface area contributed by atoms with Gasteiger partial charge in [-0.05, 0) is 38.1 Å². The van der Waals surface area contributed by atoms with Gasteiger partial charge in [0.1, 0.15) is 0 Å². The monoisotopic (exact) mass is 297 g/mol. The van der Waals surface area contributed by atoms with Crippen molar-refractivity contribution < 1.29 is 5.11 Å². The largest absolute Gasteiger partial charge is 0.385 e. The summed E-state index contributed by atoms with van der Waals surface area (Å²) in [6.45, 7) is 2.93. The van der Waals surface area contributed by atoms with Crippen molar-refractivity contribution in [1.29, 1.82) is 0 Å². The fourth-order valence-electron chi connectivity index (χ4n) is 3.18. The van der Waals surface area contributed by atoms with E-state index in [1.807, 2.05) is 36.4 Å². The van der Waals surface area contributed by atoms with E-state index in [1.54, 1.807) is 0 Å². The maximum atomic E-state index is 11.4. The van der Waals surface area contributed by atoms with Gasteiger partial charge in [0.15, 0.2) is 0 Å². The molecule has 2 rings (SSSR count). The van der Waals surface area contributed by atoms with Gasteiger partial charge in [-0.15, -0.1) is 0 Å². The van der Waals surface area contributed by atoms with Gasteiger partial charge in [0.2, 0.25) is 0 Å². The summed E-state index contributed by atoms with van der Waals surface area (Å²) in [7, 11) is 4.14. The van der Waals surface area contributed by atoms with E-state index < -0.39 is 5.60 Å². The molecule has 0 heterocycles. The first kappa shape index (κ1) is 16.7. The smallest absolute Gasteiger partial charge is 0.0937 e. The molecule has 2 atom stereocenters. The van der Waals surface area contributed by atoms with Gasteiger partial charge in [0, 0.05) is 12.5 Å². The molecule has 1 N–H and O–H groups in total. The van der Waals surface area contributed by atoms with E-state index in [2.05, 4.69) is 50.2 Å². The number of rotatable bonds is 7. The van der Waals surface area contributed by atoms with E-state index >= 15 is 0 Å². The Hall–Kier alpha value is -1.64. The van der Waals surface area contributed by atoms with Gasteiger partial charge in [-0.1, -0.05) is 67.6 Å². The molecule has 0 spiro atoms. The van der Waals surface area contributed by atoms with Crippen LogP contribution in [-0.2, 0) is 12.0 Å². The molecule has 0 aliphatic heterocycles. The van der Waals surface area contributed by atoms with Crippen molar-refractivity contribution in [1.82, 2.24) is 4.90 Å². The number of hydrogen-bond donors (Lipinski definition) is 1. The van der Waals surface area contributed by atoms with Gasteiger partial charge in [0.25, 0.3) is 0 Å². The number of benzene rings is 2. The van der Waals surface area contributed by atoms with E-state index in [0.29, 0.717) is 6.42 Å². The Kier molecular flexibility index (Phi) is 5.76. The summed E-state index contributed by atoms with van der Waals surface area (Å²) >= 11 is 0. The molecule has 0 aliphatic carbocycles. The van der Waals surface area contributed by atoms with Crippen LogP contribution in [-0.4, -0.2) is 30.6 Å². The Balaban J connectivity index is 2.33. The molecule has 0 amide bonds. The minimum absolute atomic E-state index is 0.150. The Morgan fingerprint density at radius 3 is 2.00 bits per heavy atom. The van der Waals surface area contributed by atoms with Crippen LogP contribution in [0.25, 0.3) is 0 Å². The third-order valence-corrected chi connectivity index (χ3v) is 4.40. The quantitative estimate of drug-likeness (QED) is 0.842. The Bertz CT molecular complexity index is 552. The fourth-order valence-corrected chi connectivity index (χ4v) is 3.18. The lowest BCUT2D eigenvalue weighted by Gasteiger charge is -2.38. The van der Waals surface area contributed by atoms with Crippen molar-refractivity contribution in [3.63, 3.8) is 0 Å². The molecule has 2 unspecified atom stereocenters. The van der Waals surface area contributed by atoms with Crippen LogP contribution in [0.2, 0.25) is 0 Å². The van der Waals surface area contributed by atoms with Crippen molar-refractivity contribution in [3.8, 4) is 0 Å². The zero-order valence-electron chi connectivity index (χ0n) is 13.9. The lowest BCUT2D eigenvalue weighted by Crippen LogP contribution is -2.41. The van der Waals surface area contributed by atoms with E-state index in [9.17, 15) is 5.11 Å². The van der Waals surface area contributed by atoms with Crippen LogP contribution in [0.5, 0.6) is 0 Å². The molecule has 0 aromatic heterocycles. The van der Waals surface area contributed by atoms with Crippen molar-refractivity contribution in [2.75, 3.05) is 20.6 Å². The lowest BCUT2D eigenvalue weighted by atomic mass is 9.76. The average molecular weight is 297 g/mol. The molecular weight excluding hydrogens is 270 g/mol. The van der Waals surface area contributed by atoms with E-state index in [4.69, 9.17) is 0 Å². The minimum Gasteiger partial charge on any atom is -0.385 e. The van der Waals surface area contributed by atoms with Gasteiger partial charge >= 0.3 is 0 Å². The highest BCUT2D eigenvalue weighted by Gasteiger charge is 2.36. The zero-order valence-corrected chi connectivity index (χ0v) is 13.9. The van der Waals surface area contributed by atoms with Crippen molar-refractivity contribution >= 4 is 0 Å². The molecule has 0 bridgehead atoms. The lowest BCUT2D eigenvalue weighted by molar-refractivity contribution is -0.0366. The van der Waals surface area contributed by atoms with Crippen LogP contribution >= 0.6 is 0 Å². The first-order valence-corrected chi connectivity index (χ1v) is 8.03. The van der Waals surface area contributed by atoms with Gasteiger partial charge in [0.05, 0.1) is 5.60 Å². The average Bonchev–Trinajstić information content (AvgIpc) is 2.55. The molecule has 0 fully saturated rings. The summed E-state index contributed by atoms with van der Waals surface area (Å²) in [5, 5.41) is 11.4. The third-order valence-electron chi connectivity index (χ3n) is 4.40. The second-order valence-electron chi connectivity index (χ2n) is 6.29. The predicted octanol–water partition coefficient (Wildman–Crippen LogP) is 3.70. The zero-order chi connectivity index (χ0) is 16.0. The SMILES string of the molecule is CCC(O)(c1ccccc1)C(Cc1ccccc1)CN(C)C. The van der Waals surface area contributed by atoms with E-state index in [-0.39, 0.29) is 5.92 Å². The second kappa shape index (κ2) is 7.57. The number of aliphatic hydroxyl groups is 1. The van der Waals surface area contributed by atoms with Gasteiger partial charge < -0.3 is 10.0 Å². The summed E-state index contributed by atoms with van der Waals surface area (Å²) in [6, 6.07) is 20.5. The molecule has 0 radical (unpaired) electrons. The second-order valence-corrected chi connectivity index (χ2v) is 6.29. The first-order valence-electron chi connectivity index (χ1n) is 8.03. The summed E-state index contributed by atoms with van der Waals surface area (Å²) in [5.74, 6) is 0.150. The van der Waals surface area contributed by atoms with Crippen LogP contribution in [0.1, 0.15) is 24.5 Å². The van der Waals surface area contributed by atoms with Crippen LogP contribution in [0, 0.1) is 5.92 Å². The maximum Gasteiger partial charge on any atom is 0.0937 e. The minimum atomic E-state index is -0.804. The fraction of sp³-hybridized carbons (Fsp3) is 0.400. The van der Waals surface area contributed by atoms with Gasteiger partial charge in [-0.25, -0.2) is 0 Å². The third kappa shape index (κ3) is 3.96. The molecular formula is C20H27NO. The maximum absolute atomic E-state index is 11.4. The van der Waals surface area contributed by atoms with Gasteiger partial charge in [-0.2, -0.15) is 0 Å². The molecule has 2 aromatic rings. The van der Waals surface area contributed by atoms with Crippen molar-refractivity contribution in [2.24, 2.45) is 5.92 Å². The molecule has 2 nitrogen and oxygen atoms in total. The summed E-state index contributed by atoms with van der Waals surface area (Å²) < 4.78 is 0. The summed E-state index contributed by atoms with van der Waals surface area (Å²) in [6.07, 6.45) is 1.58. The summed E-state index contributed by atoms with van der Waals surface area (Å²) in [4.78, 5) is 2.16. The molecule has 0 aliphatic rings. The van der Waals surface area contributed by atoms with Crippen LogP contribution in [0.4, 0.5) is 0 Å². The van der Waals surface area contributed by atoms with Crippen LogP contribution in [0.3, 0.4) is 0 Å². The van der Waals surface area contributed by atoms with Crippen molar-refractivity contribution in [3.05, 3.63) is 71.8 Å². The molecule has 2 aromatic carbocycles. The number of nitrogens with zero attached hydrogens (tertiary/aromatic N) is 1. The molecule has 118 valence electrons. The van der Waals surface area contributed by atoms with Crippen LogP contribution < -0.4 is 0 Å². The first-order chi connectivity index (χ1) is 10.6. The normalized spacial score (nSPS) is 15.5. The molecule has 0 saturated heterocycles. The molecule has 0 saturated carbocycles. The number of hydrogen-bond acceptors (Lipinski definition) is 2. The van der Waals surface area contributed by atoms with Gasteiger partial charge in [-0.3, -0.25) is 0 Å². The Morgan fingerprint density at radius 1 is 0.955 bits per heavy atom.